The first-order valence-electron chi connectivity index (χ1n) is 5.26. The summed E-state index contributed by atoms with van der Waals surface area (Å²) < 4.78 is 0. The second kappa shape index (κ2) is 5.70. The molecule has 0 fully saturated rings. The fraction of sp³-hybridized carbons (Fsp3) is 0.364. The van der Waals surface area contributed by atoms with Crippen molar-refractivity contribution in [2.24, 2.45) is 0 Å². The largest absolute Gasteiger partial charge is 0.393 e. The van der Waals surface area contributed by atoms with Gasteiger partial charge >= 0.3 is 0 Å². The van der Waals surface area contributed by atoms with Crippen LogP contribution >= 0.6 is 0 Å². The summed E-state index contributed by atoms with van der Waals surface area (Å²) in [6.45, 7) is 3.26. The number of hydrogen-bond donors (Lipinski definition) is 1. The fourth-order valence-electron chi connectivity index (χ4n) is 1.56. The number of rotatable bonds is 5. The van der Waals surface area contributed by atoms with Gasteiger partial charge in [-0.2, -0.15) is 5.26 Å². The molecule has 0 aliphatic carbocycles. The van der Waals surface area contributed by atoms with E-state index in [0.29, 0.717) is 13.0 Å². The zero-order chi connectivity index (χ0) is 12.8. The van der Waals surface area contributed by atoms with Gasteiger partial charge in [-0.15, -0.1) is 0 Å². The monoisotopic (exact) mass is 234 g/mol. The Morgan fingerprint density at radius 3 is 2.76 bits per heavy atom. The van der Waals surface area contributed by atoms with E-state index in [9.17, 15) is 10.1 Å². The van der Waals surface area contributed by atoms with Crippen LogP contribution < -0.4 is 10.6 Å². The molecular formula is C11H14N4O2. The summed E-state index contributed by atoms with van der Waals surface area (Å²) in [6, 6.07) is 6.67. The lowest BCUT2D eigenvalue weighted by Gasteiger charge is -2.21. The highest BCUT2D eigenvalue weighted by atomic mass is 16.6. The van der Waals surface area contributed by atoms with Crippen molar-refractivity contribution in [3.8, 4) is 6.07 Å². The number of nitrogens with two attached hydrogens (primary N) is 1. The molecule has 0 aliphatic heterocycles. The predicted molar refractivity (Wildman–Crippen MR) is 65.6 cm³/mol. The van der Waals surface area contributed by atoms with Crippen LogP contribution in [0.25, 0.3) is 0 Å². The molecule has 0 saturated carbocycles. The molecule has 6 heteroatoms. The van der Waals surface area contributed by atoms with Gasteiger partial charge in [0.1, 0.15) is 5.69 Å². The Labute approximate surface area is 99.4 Å². The Kier molecular flexibility index (Phi) is 4.29. The number of anilines is 2. The molecule has 17 heavy (non-hydrogen) atoms. The smallest absolute Gasteiger partial charge is 0.292 e. The second-order valence-corrected chi connectivity index (χ2v) is 3.49. The van der Waals surface area contributed by atoms with E-state index in [1.807, 2.05) is 11.8 Å². The molecule has 0 bridgehead atoms. The van der Waals surface area contributed by atoms with Crippen molar-refractivity contribution >= 4 is 17.1 Å². The van der Waals surface area contributed by atoms with Crippen molar-refractivity contribution in [1.82, 2.24) is 0 Å². The molecule has 0 unspecified atom stereocenters. The molecule has 2 N–H and O–H groups in total. The number of nitro benzene ring substituents is 1. The standard InChI is InChI=1S/C11H14N4O2/c1-2-14(7-3-6-12)9-4-5-11(15(16)17)10(13)8-9/h4-5,8H,2-3,7,13H2,1H3. The molecule has 0 aromatic heterocycles. The van der Waals surface area contributed by atoms with Gasteiger partial charge in [-0.05, 0) is 19.1 Å². The van der Waals surface area contributed by atoms with Gasteiger partial charge in [0.2, 0.25) is 0 Å². The third kappa shape index (κ3) is 3.08. The molecule has 0 radical (unpaired) electrons. The summed E-state index contributed by atoms with van der Waals surface area (Å²) in [5.74, 6) is 0. The molecule has 1 aromatic carbocycles. The molecule has 0 atom stereocenters. The van der Waals surface area contributed by atoms with Crippen LogP contribution in [0.3, 0.4) is 0 Å². The lowest BCUT2D eigenvalue weighted by molar-refractivity contribution is -0.383. The van der Waals surface area contributed by atoms with E-state index < -0.39 is 4.92 Å². The van der Waals surface area contributed by atoms with Crippen LogP contribution in [0, 0.1) is 21.4 Å². The average molecular weight is 234 g/mol. The van der Waals surface area contributed by atoms with Crippen molar-refractivity contribution in [2.45, 2.75) is 13.3 Å². The minimum atomic E-state index is -0.509. The van der Waals surface area contributed by atoms with Crippen molar-refractivity contribution in [3.63, 3.8) is 0 Å². The highest BCUT2D eigenvalue weighted by Crippen LogP contribution is 2.26. The second-order valence-electron chi connectivity index (χ2n) is 3.49. The summed E-state index contributed by atoms with van der Waals surface area (Å²) in [6.07, 6.45) is 0.407. The first kappa shape index (κ1) is 12.8. The highest BCUT2D eigenvalue weighted by molar-refractivity contribution is 5.66. The van der Waals surface area contributed by atoms with Gasteiger partial charge in [-0.1, -0.05) is 0 Å². The quantitative estimate of drug-likeness (QED) is 0.477. The molecule has 0 aliphatic rings. The van der Waals surface area contributed by atoms with Gasteiger partial charge in [0.15, 0.2) is 0 Å². The highest BCUT2D eigenvalue weighted by Gasteiger charge is 2.13. The molecular weight excluding hydrogens is 220 g/mol. The SMILES string of the molecule is CCN(CCC#N)c1ccc([N+](=O)[O-])c(N)c1. The van der Waals surface area contributed by atoms with Crippen LogP contribution in [-0.2, 0) is 0 Å². The fourth-order valence-corrected chi connectivity index (χ4v) is 1.56. The minimum absolute atomic E-state index is 0.0925. The van der Waals surface area contributed by atoms with E-state index in [0.717, 1.165) is 12.2 Å². The van der Waals surface area contributed by atoms with Crippen LogP contribution in [0.4, 0.5) is 17.1 Å². The molecule has 0 amide bonds. The minimum Gasteiger partial charge on any atom is -0.393 e. The summed E-state index contributed by atoms with van der Waals surface area (Å²) in [5, 5.41) is 19.2. The summed E-state index contributed by atoms with van der Waals surface area (Å²) >= 11 is 0. The maximum absolute atomic E-state index is 10.6. The van der Waals surface area contributed by atoms with Gasteiger partial charge in [-0.25, -0.2) is 0 Å². The molecule has 0 heterocycles. The van der Waals surface area contributed by atoms with Gasteiger partial charge in [0.25, 0.3) is 5.69 Å². The molecule has 1 aromatic rings. The number of benzene rings is 1. The van der Waals surface area contributed by atoms with E-state index in [4.69, 9.17) is 11.0 Å². The van der Waals surface area contributed by atoms with E-state index in [2.05, 4.69) is 6.07 Å². The van der Waals surface area contributed by atoms with E-state index in [-0.39, 0.29) is 11.4 Å². The van der Waals surface area contributed by atoms with E-state index >= 15 is 0 Å². The first-order chi connectivity index (χ1) is 8.10. The van der Waals surface area contributed by atoms with Gasteiger partial charge in [0, 0.05) is 24.8 Å². The van der Waals surface area contributed by atoms with Gasteiger partial charge in [-0.3, -0.25) is 10.1 Å². The Morgan fingerprint density at radius 1 is 1.59 bits per heavy atom. The lowest BCUT2D eigenvalue weighted by Crippen LogP contribution is -2.23. The summed E-state index contributed by atoms with van der Waals surface area (Å²) in [4.78, 5) is 12.1. The number of nitriles is 1. The Balaban J connectivity index is 2.95. The Morgan fingerprint density at radius 2 is 2.29 bits per heavy atom. The molecule has 90 valence electrons. The topological polar surface area (TPSA) is 96.2 Å². The zero-order valence-corrected chi connectivity index (χ0v) is 9.59. The van der Waals surface area contributed by atoms with Crippen molar-refractivity contribution < 1.29 is 4.92 Å². The van der Waals surface area contributed by atoms with Crippen LogP contribution in [0.5, 0.6) is 0 Å². The maximum Gasteiger partial charge on any atom is 0.292 e. The number of nitrogens with zero attached hydrogens (tertiary/aromatic N) is 3. The third-order valence-corrected chi connectivity index (χ3v) is 2.45. The number of hydrogen-bond acceptors (Lipinski definition) is 5. The third-order valence-electron chi connectivity index (χ3n) is 2.45. The average Bonchev–Trinajstić information content (AvgIpc) is 2.29. The van der Waals surface area contributed by atoms with Crippen LogP contribution in [0.15, 0.2) is 18.2 Å². The van der Waals surface area contributed by atoms with E-state index in [1.54, 1.807) is 12.1 Å². The van der Waals surface area contributed by atoms with Crippen molar-refractivity contribution in [2.75, 3.05) is 23.7 Å². The Bertz CT molecular complexity index is 453. The van der Waals surface area contributed by atoms with Crippen LogP contribution in [-0.4, -0.2) is 18.0 Å². The molecule has 6 nitrogen and oxygen atoms in total. The summed E-state index contributed by atoms with van der Waals surface area (Å²) in [5.41, 5.74) is 6.46. The molecule has 1 rings (SSSR count). The van der Waals surface area contributed by atoms with Crippen LogP contribution in [0.1, 0.15) is 13.3 Å². The van der Waals surface area contributed by atoms with Crippen molar-refractivity contribution in [3.05, 3.63) is 28.3 Å². The molecule has 0 saturated heterocycles. The lowest BCUT2D eigenvalue weighted by atomic mass is 10.2. The van der Waals surface area contributed by atoms with Gasteiger partial charge < -0.3 is 10.6 Å². The van der Waals surface area contributed by atoms with E-state index in [1.165, 1.54) is 6.07 Å². The number of nitro groups is 1. The maximum atomic E-state index is 10.6. The van der Waals surface area contributed by atoms with Crippen LogP contribution in [0.2, 0.25) is 0 Å². The Hall–Kier alpha value is -2.29. The normalized spacial score (nSPS) is 9.65. The first-order valence-corrected chi connectivity index (χ1v) is 5.26. The van der Waals surface area contributed by atoms with Crippen molar-refractivity contribution in [1.29, 1.82) is 5.26 Å². The number of nitrogen functional groups attached to an aromatic ring is 1. The van der Waals surface area contributed by atoms with Gasteiger partial charge in [0.05, 0.1) is 17.4 Å². The zero-order valence-electron chi connectivity index (χ0n) is 9.59. The summed E-state index contributed by atoms with van der Waals surface area (Å²) in [7, 11) is 0. The predicted octanol–water partition coefficient (Wildman–Crippen LogP) is 1.92. The molecule has 0 spiro atoms.